The highest BCUT2D eigenvalue weighted by molar-refractivity contribution is 7.14. The number of anilines is 3. The minimum absolute atomic E-state index is 0.201. The minimum atomic E-state index is -0.201. The van der Waals surface area contributed by atoms with Crippen molar-refractivity contribution in [1.82, 2.24) is 24.7 Å². The number of rotatable bonds is 6. The zero-order valence-electron chi connectivity index (χ0n) is 18.6. The Labute approximate surface area is 200 Å². The van der Waals surface area contributed by atoms with Crippen LogP contribution in [0, 0.1) is 13.8 Å². The van der Waals surface area contributed by atoms with Gasteiger partial charge in [-0.25, -0.2) is 14.6 Å². The van der Waals surface area contributed by atoms with Gasteiger partial charge >= 0.3 is 0 Å². The summed E-state index contributed by atoms with van der Waals surface area (Å²) in [5.74, 6) is -0.201. The third-order valence-corrected chi connectivity index (χ3v) is 5.96. The van der Waals surface area contributed by atoms with Gasteiger partial charge in [0.1, 0.15) is 12.7 Å². The van der Waals surface area contributed by atoms with Crippen LogP contribution in [0.2, 0.25) is 0 Å². The molecular formula is C25H21N7OS. The average Bonchev–Trinajstić information content (AvgIpc) is 3.53. The molecule has 0 radical (unpaired) electrons. The Morgan fingerprint density at radius 2 is 1.97 bits per heavy atom. The van der Waals surface area contributed by atoms with Crippen molar-refractivity contribution in [1.29, 1.82) is 0 Å². The lowest BCUT2D eigenvalue weighted by Gasteiger charge is -2.12. The number of amides is 1. The van der Waals surface area contributed by atoms with Crippen LogP contribution in [-0.2, 0) is 0 Å². The molecule has 0 fully saturated rings. The first-order valence-electron chi connectivity index (χ1n) is 10.6. The normalized spacial score (nSPS) is 10.8. The highest BCUT2D eigenvalue weighted by Crippen LogP contribution is 2.29. The Kier molecular flexibility index (Phi) is 5.84. The molecular weight excluding hydrogens is 446 g/mol. The number of hydrogen-bond acceptors (Lipinski definition) is 7. The molecule has 2 aromatic carbocycles. The molecule has 0 aliphatic rings. The summed E-state index contributed by atoms with van der Waals surface area (Å²) in [6, 6.07) is 15.2. The maximum atomic E-state index is 13.0. The quantitative estimate of drug-likeness (QED) is 0.347. The summed E-state index contributed by atoms with van der Waals surface area (Å²) < 4.78 is 1.66. The number of nitrogens with one attached hydrogen (secondary N) is 2. The lowest BCUT2D eigenvalue weighted by molar-refractivity contribution is 0.102. The summed E-state index contributed by atoms with van der Waals surface area (Å²) in [7, 11) is 0. The summed E-state index contributed by atoms with van der Waals surface area (Å²) in [6.45, 7) is 3.96. The van der Waals surface area contributed by atoms with Crippen LogP contribution in [-0.4, -0.2) is 30.6 Å². The monoisotopic (exact) mass is 467 g/mol. The molecule has 0 saturated carbocycles. The summed E-state index contributed by atoms with van der Waals surface area (Å²) in [4.78, 5) is 25.8. The summed E-state index contributed by atoms with van der Waals surface area (Å²) in [5, 5.41) is 13.2. The number of hydrogen-bond donors (Lipinski definition) is 2. The molecule has 2 N–H and O–H groups in total. The van der Waals surface area contributed by atoms with E-state index < -0.39 is 0 Å². The molecule has 168 valence electrons. The van der Waals surface area contributed by atoms with E-state index >= 15 is 0 Å². The van der Waals surface area contributed by atoms with Gasteiger partial charge < -0.3 is 10.6 Å². The molecule has 0 bridgehead atoms. The fourth-order valence-electron chi connectivity index (χ4n) is 3.50. The van der Waals surface area contributed by atoms with E-state index in [0.717, 1.165) is 38.9 Å². The van der Waals surface area contributed by atoms with Gasteiger partial charge in [-0.2, -0.15) is 5.10 Å². The van der Waals surface area contributed by atoms with E-state index in [1.165, 1.54) is 17.7 Å². The molecule has 0 aliphatic heterocycles. The Morgan fingerprint density at radius 1 is 1.06 bits per heavy atom. The molecule has 0 aliphatic carbocycles. The molecule has 0 spiro atoms. The van der Waals surface area contributed by atoms with Crippen molar-refractivity contribution in [2.45, 2.75) is 13.8 Å². The fourth-order valence-corrected chi connectivity index (χ4v) is 4.24. The zero-order valence-corrected chi connectivity index (χ0v) is 19.4. The van der Waals surface area contributed by atoms with E-state index in [1.54, 1.807) is 23.4 Å². The van der Waals surface area contributed by atoms with Gasteiger partial charge in [-0.05, 0) is 67.4 Å². The Hall–Kier alpha value is -4.37. The predicted octanol–water partition coefficient (Wildman–Crippen LogP) is 5.40. The third kappa shape index (κ3) is 4.69. The van der Waals surface area contributed by atoms with Gasteiger partial charge in [-0.15, -0.1) is 11.3 Å². The van der Waals surface area contributed by atoms with Crippen LogP contribution in [0.4, 0.5) is 16.5 Å². The van der Waals surface area contributed by atoms with Crippen molar-refractivity contribution >= 4 is 33.8 Å². The zero-order chi connectivity index (χ0) is 23.5. The van der Waals surface area contributed by atoms with Gasteiger partial charge in [0.05, 0.1) is 11.4 Å². The molecule has 0 atom stereocenters. The van der Waals surface area contributed by atoms with Gasteiger partial charge in [0, 0.05) is 40.3 Å². The van der Waals surface area contributed by atoms with Crippen molar-refractivity contribution in [2.75, 3.05) is 10.6 Å². The minimum Gasteiger partial charge on any atom is -0.331 e. The number of aryl methyl sites for hydroxylation is 2. The molecule has 34 heavy (non-hydrogen) atoms. The van der Waals surface area contributed by atoms with E-state index in [2.05, 4.69) is 30.7 Å². The smallest absolute Gasteiger partial charge is 0.255 e. The van der Waals surface area contributed by atoms with Gasteiger partial charge in [0.2, 0.25) is 0 Å². The average molecular weight is 468 g/mol. The van der Waals surface area contributed by atoms with E-state index in [9.17, 15) is 4.79 Å². The van der Waals surface area contributed by atoms with E-state index in [1.807, 2.05) is 67.8 Å². The predicted molar refractivity (Wildman–Crippen MR) is 134 cm³/mol. The van der Waals surface area contributed by atoms with Crippen LogP contribution >= 0.6 is 11.3 Å². The Bertz CT molecular complexity index is 1450. The number of thiazole rings is 1. The molecule has 5 aromatic rings. The molecule has 0 saturated heterocycles. The second kappa shape index (κ2) is 9.24. The summed E-state index contributed by atoms with van der Waals surface area (Å²) >= 11 is 1.50. The summed E-state index contributed by atoms with van der Waals surface area (Å²) in [6.07, 6.45) is 6.62. The maximum absolute atomic E-state index is 13.0. The van der Waals surface area contributed by atoms with Crippen LogP contribution in [0.3, 0.4) is 0 Å². The molecule has 0 unspecified atom stereocenters. The molecule has 8 nitrogen and oxygen atoms in total. The van der Waals surface area contributed by atoms with E-state index in [4.69, 9.17) is 0 Å². The molecule has 9 heteroatoms. The van der Waals surface area contributed by atoms with E-state index in [0.29, 0.717) is 11.3 Å². The number of pyridine rings is 1. The largest absolute Gasteiger partial charge is 0.331 e. The first kappa shape index (κ1) is 21.5. The van der Waals surface area contributed by atoms with Crippen LogP contribution in [0.15, 0.2) is 79.0 Å². The number of benzene rings is 2. The van der Waals surface area contributed by atoms with Crippen molar-refractivity contribution in [3.8, 4) is 16.9 Å². The Morgan fingerprint density at radius 3 is 2.76 bits per heavy atom. The number of aromatic nitrogens is 5. The first-order valence-corrected chi connectivity index (χ1v) is 11.4. The van der Waals surface area contributed by atoms with Crippen LogP contribution in [0.5, 0.6) is 0 Å². The van der Waals surface area contributed by atoms with Crippen LogP contribution < -0.4 is 10.6 Å². The lowest BCUT2D eigenvalue weighted by atomic mass is 10.1. The summed E-state index contributed by atoms with van der Waals surface area (Å²) in [5.41, 5.74) is 6.71. The van der Waals surface area contributed by atoms with Gasteiger partial charge in [0.25, 0.3) is 5.91 Å². The highest BCUT2D eigenvalue weighted by atomic mass is 32.1. The third-order valence-electron chi connectivity index (χ3n) is 5.21. The number of carbonyl (C=O) groups excluding carboxylic acids is 1. The standard InChI is InChI=1S/C25H21N7OS/c1-16-8-20(11-21(9-16)32-15-27-14-28-32)29-24(33)18-6-5-17(2)22(10-18)30-25-31-23(13-34-25)19-4-3-7-26-12-19/h3-15H,1-2H3,(H,29,33)(H,30,31). The molecule has 5 rings (SSSR count). The van der Waals surface area contributed by atoms with Crippen molar-refractivity contribution in [2.24, 2.45) is 0 Å². The van der Waals surface area contributed by atoms with Gasteiger partial charge in [0.15, 0.2) is 5.13 Å². The van der Waals surface area contributed by atoms with Crippen molar-refractivity contribution in [3.63, 3.8) is 0 Å². The van der Waals surface area contributed by atoms with Gasteiger partial charge in [-0.1, -0.05) is 6.07 Å². The first-order chi connectivity index (χ1) is 16.5. The molecule has 3 heterocycles. The lowest BCUT2D eigenvalue weighted by Crippen LogP contribution is -2.13. The maximum Gasteiger partial charge on any atom is 0.255 e. The second-order valence-electron chi connectivity index (χ2n) is 7.79. The topological polar surface area (TPSA) is 97.6 Å². The second-order valence-corrected chi connectivity index (χ2v) is 8.64. The van der Waals surface area contributed by atoms with Crippen molar-refractivity contribution in [3.05, 3.63) is 95.6 Å². The van der Waals surface area contributed by atoms with Gasteiger partial charge in [-0.3, -0.25) is 9.78 Å². The fraction of sp³-hybridized carbons (Fsp3) is 0.0800. The van der Waals surface area contributed by atoms with Crippen LogP contribution in [0.1, 0.15) is 21.5 Å². The van der Waals surface area contributed by atoms with Crippen molar-refractivity contribution < 1.29 is 4.79 Å². The number of nitrogens with zero attached hydrogens (tertiary/aromatic N) is 5. The molecule has 3 aromatic heterocycles. The number of carbonyl (C=O) groups is 1. The Balaban J connectivity index is 1.35. The SMILES string of the molecule is Cc1cc(NC(=O)c2ccc(C)c(Nc3nc(-c4cccnc4)cs3)c2)cc(-n2cncn2)c1. The van der Waals surface area contributed by atoms with Crippen LogP contribution in [0.25, 0.3) is 16.9 Å². The molecule has 1 amide bonds. The van der Waals surface area contributed by atoms with E-state index in [-0.39, 0.29) is 5.91 Å². The highest BCUT2D eigenvalue weighted by Gasteiger charge is 2.12.